The molecule has 10 nitrogen and oxygen atoms in total. The molecule has 0 radical (unpaired) electrons. The average molecular weight is 575 g/mol. The number of alkyl halides is 3. The molecule has 0 aliphatic carbocycles. The maximum absolute atomic E-state index is 13.8. The molecule has 3 aromatic rings. The van der Waals surface area contributed by atoms with Crippen LogP contribution in [0.2, 0.25) is 5.02 Å². The van der Waals surface area contributed by atoms with Crippen LogP contribution in [-0.4, -0.2) is 52.5 Å². The summed E-state index contributed by atoms with van der Waals surface area (Å²) in [5, 5.41) is 15.7. The Morgan fingerprint density at radius 1 is 1.27 bits per heavy atom. The fourth-order valence-electron chi connectivity index (χ4n) is 4.81. The van der Waals surface area contributed by atoms with Crippen LogP contribution in [0.4, 0.5) is 24.8 Å². The van der Waals surface area contributed by atoms with E-state index in [1.807, 2.05) is 7.05 Å². The van der Waals surface area contributed by atoms with Crippen LogP contribution in [0, 0.1) is 5.41 Å². The number of aryl methyl sites for hydroxylation is 1. The lowest BCUT2D eigenvalue weighted by atomic mass is 10.0. The number of allylic oxidation sites excluding steroid dienone is 2. The summed E-state index contributed by atoms with van der Waals surface area (Å²) < 4.78 is 48.9. The van der Waals surface area contributed by atoms with E-state index in [1.54, 1.807) is 42.5 Å². The van der Waals surface area contributed by atoms with Gasteiger partial charge in [0.25, 0.3) is 0 Å². The Bertz CT molecular complexity index is 1560. The van der Waals surface area contributed by atoms with Gasteiger partial charge >= 0.3 is 6.18 Å². The SMILES string of the molecule is CNC1=C[NH2+]/C(=C(\C=N)Oc2cnc3nc(Nc4cc(C5CCCN5C)cc(C(F)(F)F)c4)n(C)c3c2Cl)C=N1. The first-order chi connectivity index (χ1) is 19.1. The lowest BCUT2D eigenvalue weighted by Crippen LogP contribution is -2.78. The van der Waals surface area contributed by atoms with E-state index in [9.17, 15) is 13.2 Å². The number of nitrogens with two attached hydrogens (primary N) is 1. The summed E-state index contributed by atoms with van der Waals surface area (Å²) in [6.45, 7) is 0.831. The Morgan fingerprint density at radius 2 is 2.08 bits per heavy atom. The van der Waals surface area contributed by atoms with E-state index in [2.05, 4.69) is 30.5 Å². The second kappa shape index (κ2) is 10.9. The van der Waals surface area contributed by atoms with Gasteiger partial charge in [0.1, 0.15) is 16.7 Å². The van der Waals surface area contributed by atoms with Gasteiger partial charge in [-0.3, -0.25) is 10.2 Å². The van der Waals surface area contributed by atoms with E-state index < -0.39 is 11.7 Å². The van der Waals surface area contributed by atoms with Gasteiger partial charge in [0.15, 0.2) is 22.9 Å². The van der Waals surface area contributed by atoms with Crippen molar-refractivity contribution in [3.63, 3.8) is 0 Å². The molecule has 5 rings (SSSR count). The molecule has 1 unspecified atom stereocenters. The van der Waals surface area contributed by atoms with E-state index in [-0.39, 0.29) is 39.9 Å². The third-order valence-electron chi connectivity index (χ3n) is 6.90. The molecule has 2 aliphatic heterocycles. The van der Waals surface area contributed by atoms with Crippen molar-refractivity contribution in [2.75, 3.05) is 26.0 Å². The molecule has 14 heteroatoms. The zero-order valence-electron chi connectivity index (χ0n) is 22.0. The summed E-state index contributed by atoms with van der Waals surface area (Å²) >= 11 is 6.69. The van der Waals surface area contributed by atoms with Crippen LogP contribution in [0.3, 0.4) is 0 Å². The van der Waals surface area contributed by atoms with Gasteiger partial charge in [0, 0.05) is 25.8 Å². The molecular formula is C26H28ClF3N9O+. The minimum atomic E-state index is -4.50. The zero-order valence-corrected chi connectivity index (χ0v) is 22.7. The molecule has 0 spiro atoms. The highest BCUT2D eigenvalue weighted by Gasteiger charge is 2.33. The number of nitrogens with one attached hydrogen (secondary N) is 3. The summed E-state index contributed by atoms with van der Waals surface area (Å²) in [6, 6.07) is 3.92. The Balaban J connectivity index is 1.48. The van der Waals surface area contributed by atoms with Gasteiger partial charge in [-0.2, -0.15) is 18.2 Å². The lowest BCUT2D eigenvalue weighted by molar-refractivity contribution is -0.529. The van der Waals surface area contributed by atoms with Crippen molar-refractivity contribution >= 4 is 46.8 Å². The van der Waals surface area contributed by atoms with Crippen LogP contribution in [0.15, 0.2) is 52.9 Å². The van der Waals surface area contributed by atoms with Gasteiger partial charge in [-0.15, -0.1) is 0 Å². The topological polar surface area (TPSA) is 120 Å². The summed E-state index contributed by atoms with van der Waals surface area (Å²) in [5.41, 5.74) is 1.37. The van der Waals surface area contributed by atoms with Gasteiger partial charge in [0.05, 0.1) is 24.2 Å². The zero-order chi connectivity index (χ0) is 28.6. The molecule has 1 aromatic carbocycles. The minimum Gasteiger partial charge on any atom is -0.446 e. The number of aromatic nitrogens is 3. The average Bonchev–Trinajstić information content (AvgIpc) is 3.50. The number of pyridine rings is 1. The molecule has 5 N–H and O–H groups in total. The molecule has 1 saturated heterocycles. The smallest absolute Gasteiger partial charge is 0.416 e. The van der Waals surface area contributed by atoms with Crippen LogP contribution >= 0.6 is 11.6 Å². The van der Waals surface area contributed by atoms with Gasteiger partial charge in [-0.05, 0) is 50.2 Å². The van der Waals surface area contributed by atoms with E-state index >= 15 is 0 Å². The van der Waals surface area contributed by atoms with Crippen LogP contribution in [0.25, 0.3) is 11.2 Å². The minimum absolute atomic E-state index is 0.0944. The number of benzene rings is 1. The van der Waals surface area contributed by atoms with Crippen molar-refractivity contribution in [1.82, 2.24) is 24.8 Å². The van der Waals surface area contributed by atoms with Crippen LogP contribution in [0.5, 0.6) is 5.75 Å². The monoisotopic (exact) mass is 574 g/mol. The first-order valence-corrected chi connectivity index (χ1v) is 12.9. The number of aliphatic imine (C=N–C) groups is 1. The molecule has 0 bridgehead atoms. The summed E-state index contributed by atoms with van der Waals surface area (Å²) in [5.74, 6) is 1.31. The van der Waals surface area contributed by atoms with Crippen molar-refractivity contribution < 1.29 is 23.2 Å². The highest BCUT2D eigenvalue weighted by atomic mass is 35.5. The van der Waals surface area contributed by atoms with E-state index in [0.717, 1.165) is 31.7 Å². The molecule has 2 aliphatic rings. The third kappa shape index (κ3) is 5.40. The lowest BCUT2D eigenvalue weighted by Gasteiger charge is -2.22. The predicted octanol–water partition coefficient (Wildman–Crippen LogP) is 4.06. The van der Waals surface area contributed by atoms with Crippen LogP contribution in [-0.2, 0) is 13.2 Å². The number of anilines is 2. The molecule has 2 aromatic heterocycles. The number of quaternary nitrogens is 1. The molecule has 40 heavy (non-hydrogen) atoms. The van der Waals surface area contributed by atoms with E-state index in [1.165, 1.54) is 12.3 Å². The van der Waals surface area contributed by atoms with Gasteiger partial charge in [-0.1, -0.05) is 11.6 Å². The fourth-order valence-corrected chi connectivity index (χ4v) is 5.11. The Hall–Kier alpha value is -3.94. The Morgan fingerprint density at radius 3 is 2.70 bits per heavy atom. The van der Waals surface area contributed by atoms with Crippen LogP contribution in [0.1, 0.15) is 30.0 Å². The number of rotatable bonds is 7. The maximum atomic E-state index is 13.8. The normalized spacial score (nSPS) is 19.1. The molecule has 210 valence electrons. The number of fused-ring (bicyclic) bond motifs is 1. The number of likely N-dealkylation sites (tertiary alicyclic amines) is 1. The molecule has 0 amide bonds. The maximum Gasteiger partial charge on any atom is 0.416 e. The number of halogens is 4. The molecule has 4 heterocycles. The first-order valence-electron chi connectivity index (χ1n) is 12.5. The third-order valence-corrected chi connectivity index (χ3v) is 7.27. The van der Waals surface area contributed by atoms with E-state index in [0.29, 0.717) is 22.6 Å². The van der Waals surface area contributed by atoms with Crippen LogP contribution < -0.4 is 20.7 Å². The number of hydrogen-bond acceptors (Lipinski definition) is 8. The number of hydrogen-bond donors (Lipinski definition) is 4. The highest BCUT2D eigenvalue weighted by molar-refractivity contribution is 6.36. The van der Waals surface area contributed by atoms with E-state index in [4.69, 9.17) is 21.7 Å². The number of ether oxygens (including phenoxy) is 1. The Labute approximate surface area is 233 Å². The molecule has 0 saturated carbocycles. The summed E-state index contributed by atoms with van der Waals surface area (Å²) in [4.78, 5) is 15.1. The highest BCUT2D eigenvalue weighted by Crippen LogP contribution is 2.39. The van der Waals surface area contributed by atoms with Gasteiger partial charge in [0.2, 0.25) is 11.7 Å². The van der Waals surface area contributed by atoms with Crippen molar-refractivity contribution in [2.45, 2.75) is 25.1 Å². The number of nitrogens with zero attached hydrogens (tertiary/aromatic N) is 5. The molecular weight excluding hydrogens is 547 g/mol. The number of imidazole rings is 1. The second-order valence-electron chi connectivity index (χ2n) is 9.50. The summed E-state index contributed by atoms with van der Waals surface area (Å²) in [6.07, 6.45) is 2.95. The quantitative estimate of drug-likeness (QED) is 0.250. The first kappa shape index (κ1) is 27.6. The van der Waals surface area contributed by atoms with Crippen molar-refractivity contribution in [3.8, 4) is 5.75 Å². The standard InChI is InChI=1S/C26H27ClF3N9O/c1-32-21-13-33-17(11-34-21)19(10-31)40-20-12-35-24-23(22(20)27)39(3)25(37-24)36-16-8-14(18-5-4-6-38(18)2)7-15(9-16)26(28,29)30/h7-13,18,31-33H,4-6H2,1-3H3,(H,35,36,37)/p+1/b19-17+,31-10?. The summed E-state index contributed by atoms with van der Waals surface area (Å²) in [7, 11) is 5.34. The van der Waals surface area contributed by atoms with Gasteiger partial charge in [-0.25, -0.2) is 9.98 Å². The van der Waals surface area contributed by atoms with Gasteiger partial charge < -0.3 is 25.3 Å². The largest absolute Gasteiger partial charge is 0.446 e. The van der Waals surface area contributed by atoms with Crippen molar-refractivity contribution in [3.05, 3.63) is 64.0 Å². The second-order valence-corrected chi connectivity index (χ2v) is 9.88. The fraction of sp³-hybridized carbons (Fsp3) is 0.308. The Kier molecular flexibility index (Phi) is 7.53. The van der Waals surface area contributed by atoms with Crippen molar-refractivity contribution in [2.24, 2.45) is 12.0 Å². The molecule has 1 fully saturated rings. The van der Waals surface area contributed by atoms with Crippen molar-refractivity contribution in [1.29, 1.82) is 5.41 Å². The molecule has 1 atom stereocenters. The predicted molar refractivity (Wildman–Crippen MR) is 147 cm³/mol.